The van der Waals surface area contributed by atoms with Gasteiger partial charge in [0.25, 0.3) is 0 Å². The van der Waals surface area contributed by atoms with Gasteiger partial charge in [0.15, 0.2) is 3.01 Å². The molecule has 0 aliphatic carbocycles. The molecule has 0 radical (unpaired) electrons. The Labute approximate surface area is 86.7 Å². The fraction of sp³-hybridized carbons (Fsp3) is 0.333. The number of halogens is 1. The molecule has 0 bridgehead atoms. The summed E-state index contributed by atoms with van der Waals surface area (Å²) >= 11 is 5.77. The van der Waals surface area contributed by atoms with Crippen LogP contribution in [0.15, 0.2) is 11.2 Å². The second-order valence-corrected chi connectivity index (χ2v) is 5.88. The number of hydrogen-bond acceptors (Lipinski definition) is 4. The van der Waals surface area contributed by atoms with E-state index in [1.807, 2.05) is 18.0 Å². The van der Waals surface area contributed by atoms with E-state index in [0.717, 1.165) is 15.3 Å². The second-order valence-electron chi connectivity index (χ2n) is 2.01. The number of thioether (sulfide) groups is 1. The minimum absolute atomic E-state index is 0.967. The molecular formula is C6H5IN2S2. The molecule has 0 unspecified atom stereocenters. The van der Waals surface area contributed by atoms with Crippen LogP contribution in [0.3, 0.4) is 0 Å². The molecule has 0 N–H and O–H groups in total. The Morgan fingerprint density at radius 3 is 3.00 bits per heavy atom. The molecule has 1 aliphatic heterocycles. The van der Waals surface area contributed by atoms with Gasteiger partial charge in [-0.1, -0.05) is 0 Å². The van der Waals surface area contributed by atoms with Crippen LogP contribution < -0.4 is 0 Å². The third-order valence-corrected chi connectivity index (χ3v) is 4.14. The average Bonchev–Trinajstić information content (AvgIpc) is 2.55. The van der Waals surface area contributed by atoms with Gasteiger partial charge in [-0.2, -0.15) is 0 Å². The van der Waals surface area contributed by atoms with Gasteiger partial charge in [0.05, 0.1) is 4.88 Å². The molecule has 0 spiro atoms. The zero-order valence-corrected chi connectivity index (χ0v) is 9.37. The Morgan fingerprint density at radius 2 is 2.45 bits per heavy atom. The van der Waals surface area contributed by atoms with Crippen molar-refractivity contribution in [2.75, 3.05) is 12.3 Å². The molecule has 11 heavy (non-hydrogen) atoms. The van der Waals surface area contributed by atoms with Gasteiger partial charge in [-0.05, 0) is 22.6 Å². The molecule has 0 fully saturated rings. The molecule has 58 valence electrons. The topological polar surface area (TPSA) is 25.2 Å². The van der Waals surface area contributed by atoms with Gasteiger partial charge in [0.1, 0.15) is 5.04 Å². The van der Waals surface area contributed by atoms with Gasteiger partial charge < -0.3 is 0 Å². The monoisotopic (exact) mass is 296 g/mol. The molecule has 1 aromatic rings. The summed E-state index contributed by atoms with van der Waals surface area (Å²) in [7, 11) is 0. The van der Waals surface area contributed by atoms with E-state index in [2.05, 4.69) is 32.6 Å². The Morgan fingerprint density at radius 1 is 1.55 bits per heavy atom. The van der Waals surface area contributed by atoms with Gasteiger partial charge in [-0.15, -0.1) is 23.1 Å². The molecule has 5 heteroatoms. The molecule has 2 rings (SSSR count). The maximum Gasteiger partial charge on any atom is 0.154 e. The SMILES string of the molecule is Ic1ncc(C2=NCCS2)s1. The summed E-state index contributed by atoms with van der Waals surface area (Å²) in [5.74, 6) is 1.13. The van der Waals surface area contributed by atoms with Crippen LogP contribution in [0, 0.1) is 3.01 Å². The minimum atomic E-state index is 0.967. The highest BCUT2D eigenvalue weighted by Gasteiger charge is 2.11. The van der Waals surface area contributed by atoms with Crippen molar-refractivity contribution >= 4 is 50.7 Å². The van der Waals surface area contributed by atoms with Crippen molar-refractivity contribution in [1.82, 2.24) is 4.98 Å². The van der Waals surface area contributed by atoms with E-state index >= 15 is 0 Å². The lowest BCUT2D eigenvalue weighted by atomic mass is 10.6. The molecule has 0 saturated heterocycles. The highest BCUT2D eigenvalue weighted by molar-refractivity contribution is 14.1. The summed E-state index contributed by atoms with van der Waals surface area (Å²) in [6, 6.07) is 0. The maximum atomic E-state index is 4.37. The first-order valence-electron chi connectivity index (χ1n) is 3.15. The zero-order chi connectivity index (χ0) is 7.68. The van der Waals surface area contributed by atoms with Crippen molar-refractivity contribution in [2.45, 2.75) is 0 Å². The summed E-state index contributed by atoms with van der Waals surface area (Å²) in [6.07, 6.45) is 1.91. The molecule has 2 heterocycles. The van der Waals surface area contributed by atoms with E-state index in [0.29, 0.717) is 0 Å². The fourth-order valence-corrected chi connectivity index (χ4v) is 3.29. The van der Waals surface area contributed by atoms with Crippen molar-refractivity contribution in [3.63, 3.8) is 0 Å². The fourth-order valence-electron chi connectivity index (χ4n) is 0.836. The van der Waals surface area contributed by atoms with Gasteiger partial charge in [-0.25, -0.2) is 4.98 Å². The van der Waals surface area contributed by atoms with Crippen molar-refractivity contribution in [3.05, 3.63) is 14.1 Å². The molecule has 1 aromatic heterocycles. The lowest BCUT2D eigenvalue weighted by Crippen LogP contribution is -1.84. The Bertz CT molecular complexity index is 295. The van der Waals surface area contributed by atoms with Gasteiger partial charge in [0, 0.05) is 18.5 Å². The second kappa shape index (κ2) is 3.40. The lowest BCUT2D eigenvalue weighted by Gasteiger charge is -1.89. The van der Waals surface area contributed by atoms with E-state index in [4.69, 9.17) is 0 Å². The number of nitrogens with zero attached hydrogens (tertiary/aromatic N) is 2. The minimum Gasteiger partial charge on any atom is -0.276 e. The van der Waals surface area contributed by atoms with Crippen molar-refractivity contribution in [2.24, 2.45) is 4.99 Å². The molecule has 0 saturated carbocycles. The number of hydrogen-bond donors (Lipinski definition) is 0. The average molecular weight is 296 g/mol. The highest BCUT2D eigenvalue weighted by atomic mass is 127. The van der Waals surface area contributed by atoms with Gasteiger partial charge >= 0.3 is 0 Å². The highest BCUT2D eigenvalue weighted by Crippen LogP contribution is 2.24. The molecule has 0 atom stereocenters. The normalized spacial score (nSPS) is 17.0. The summed E-state index contributed by atoms with van der Waals surface area (Å²) in [4.78, 5) is 9.76. The standard InChI is InChI=1S/C6H5IN2S2/c7-6-9-3-4(11-6)5-8-1-2-10-5/h3H,1-2H2. The first kappa shape index (κ1) is 8.00. The number of thiazole rings is 1. The van der Waals surface area contributed by atoms with Crippen LogP contribution in [-0.2, 0) is 0 Å². The molecule has 0 aromatic carbocycles. The quantitative estimate of drug-likeness (QED) is 0.743. The molecule has 2 nitrogen and oxygen atoms in total. The summed E-state index contributed by atoms with van der Waals surface area (Å²) in [5.41, 5.74) is 0. The van der Waals surface area contributed by atoms with Crippen LogP contribution in [0.2, 0.25) is 0 Å². The first-order chi connectivity index (χ1) is 5.36. The van der Waals surface area contributed by atoms with Gasteiger partial charge in [0.2, 0.25) is 0 Å². The van der Waals surface area contributed by atoms with Crippen molar-refractivity contribution < 1.29 is 0 Å². The van der Waals surface area contributed by atoms with Crippen LogP contribution in [0.1, 0.15) is 4.88 Å². The third kappa shape index (κ3) is 1.75. The Kier molecular flexibility index (Phi) is 2.48. The van der Waals surface area contributed by atoms with E-state index in [1.54, 1.807) is 11.3 Å². The predicted octanol–water partition coefficient (Wildman–Crippen LogP) is 2.24. The Balaban J connectivity index is 2.28. The lowest BCUT2D eigenvalue weighted by molar-refractivity contribution is 1.18. The summed E-state index contributed by atoms with van der Waals surface area (Å²) in [6.45, 7) is 0.967. The van der Waals surface area contributed by atoms with E-state index in [9.17, 15) is 0 Å². The first-order valence-corrected chi connectivity index (χ1v) is 6.03. The number of aliphatic imine (C=N–C) groups is 1. The molecule has 0 amide bonds. The summed E-state index contributed by atoms with van der Waals surface area (Å²) < 4.78 is 1.09. The van der Waals surface area contributed by atoms with Crippen molar-refractivity contribution in [3.8, 4) is 0 Å². The van der Waals surface area contributed by atoms with Crippen LogP contribution in [0.25, 0.3) is 0 Å². The largest absolute Gasteiger partial charge is 0.276 e. The van der Waals surface area contributed by atoms with Crippen molar-refractivity contribution in [1.29, 1.82) is 0 Å². The maximum absolute atomic E-state index is 4.37. The smallest absolute Gasteiger partial charge is 0.154 e. The van der Waals surface area contributed by atoms with E-state index < -0.39 is 0 Å². The number of aromatic nitrogens is 1. The van der Waals surface area contributed by atoms with E-state index in [-0.39, 0.29) is 0 Å². The predicted molar refractivity (Wildman–Crippen MR) is 58.7 cm³/mol. The summed E-state index contributed by atoms with van der Waals surface area (Å²) in [5, 5.41) is 1.17. The van der Waals surface area contributed by atoms with Crippen LogP contribution >= 0.6 is 45.7 Å². The third-order valence-electron chi connectivity index (χ3n) is 1.27. The number of rotatable bonds is 1. The molecule has 1 aliphatic rings. The van der Waals surface area contributed by atoms with Crippen LogP contribution in [-0.4, -0.2) is 22.3 Å². The van der Waals surface area contributed by atoms with Gasteiger partial charge in [-0.3, -0.25) is 4.99 Å². The van der Waals surface area contributed by atoms with Crippen LogP contribution in [0.4, 0.5) is 0 Å². The van der Waals surface area contributed by atoms with E-state index in [1.165, 1.54) is 9.92 Å². The Hall–Kier alpha value is 0.380. The zero-order valence-electron chi connectivity index (χ0n) is 5.58. The molecular weight excluding hydrogens is 291 g/mol. The van der Waals surface area contributed by atoms with Crippen LogP contribution in [0.5, 0.6) is 0 Å².